The SMILES string of the molecule is Cc1cc(C)cc(NC(=O)[C@@H](Cc2ccccc2)N2C(=O)[C@@H]3[C@@H]4CC[C@H](C4)[C@@H]3C2=O)c1. The number of rotatable bonds is 5. The van der Waals surface area contributed by atoms with Gasteiger partial charge in [0.25, 0.3) is 0 Å². The van der Waals surface area contributed by atoms with Crippen molar-refractivity contribution in [3.8, 4) is 0 Å². The van der Waals surface area contributed by atoms with E-state index in [9.17, 15) is 14.4 Å². The predicted octanol–water partition coefficient (Wildman–Crippen LogP) is 3.88. The lowest BCUT2D eigenvalue weighted by atomic mass is 9.81. The van der Waals surface area contributed by atoms with Crippen LogP contribution < -0.4 is 5.32 Å². The van der Waals surface area contributed by atoms with E-state index in [-0.39, 0.29) is 29.6 Å². The van der Waals surface area contributed by atoms with Gasteiger partial charge in [-0.3, -0.25) is 19.3 Å². The van der Waals surface area contributed by atoms with E-state index < -0.39 is 6.04 Å². The maximum absolute atomic E-state index is 13.5. The Morgan fingerprint density at radius 2 is 1.55 bits per heavy atom. The predicted molar refractivity (Wildman–Crippen MR) is 118 cm³/mol. The molecule has 1 saturated heterocycles. The summed E-state index contributed by atoms with van der Waals surface area (Å²) >= 11 is 0. The Hall–Kier alpha value is -2.95. The summed E-state index contributed by atoms with van der Waals surface area (Å²) in [5.74, 6) is -0.426. The Kier molecular flexibility index (Phi) is 4.92. The van der Waals surface area contributed by atoms with Crippen molar-refractivity contribution in [2.75, 3.05) is 5.32 Å². The van der Waals surface area contributed by atoms with Crippen molar-refractivity contribution < 1.29 is 14.4 Å². The van der Waals surface area contributed by atoms with Gasteiger partial charge in [0.1, 0.15) is 6.04 Å². The number of nitrogens with zero attached hydrogens (tertiary/aromatic N) is 1. The minimum atomic E-state index is -0.840. The van der Waals surface area contributed by atoms with Crippen molar-refractivity contribution in [3.05, 3.63) is 65.2 Å². The summed E-state index contributed by atoms with van der Waals surface area (Å²) in [7, 11) is 0. The van der Waals surface area contributed by atoms with Gasteiger partial charge in [0, 0.05) is 12.1 Å². The van der Waals surface area contributed by atoms with Gasteiger partial charge in [0.05, 0.1) is 11.8 Å². The average Bonchev–Trinajstić information content (AvgIpc) is 3.40. The zero-order valence-corrected chi connectivity index (χ0v) is 18.0. The van der Waals surface area contributed by atoms with Gasteiger partial charge < -0.3 is 5.32 Å². The second-order valence-electron chi connectivity index (χ2n) is 9.50. The standard InChI is InChI=1S/C26H28N2O3/c1-15-10-16(2)12-20(11-15)27-24(29)21(13-17-6-4-3-5-7-17)28-25(30)22-18-8-9-19(14-18)23(22)26(28)31/h3-7,10-12,18-19,21-23H,8-9,13-14H2,1-2H3,(H,27,29)/t18-,19-,21-,22-,23+/m1/s1. The first-order valence-electron chi connectivity index (χ1n) is 11.2. The van der Waals surface area contributed by atoms with Crippen LogP contribution in [0, 0.1) is 37.5 Å². The maximum atomic E-state index is 13.5. The van der Waals surface area contributed by atoms with Crippen LogP contribution in [0.2, 0.25) is 0 Å². The lowest BCUT2D eigenvalue weighted by molar-refractivity contribution is -0.147. The highest BCUT2D eigenvalue weighted by Crippen LogP contribution is 2.56. The topological polar surface area (TPSA) is 66.5 Å². The Bertz CT molecular complexity index is 1000. The van der Waals surface area contributed by atoms with Crippen molar-refractivity contribution in [2.45, 2.75) is 45.6 Å². The molecular formula is C26H28N2O3. The number of likely N-dealkylation sites (tertiary alicyclic amines) is 1. The maximum Gasteiger partial charge on any atom is 0.248 e. The van der Waals surface area contributed by atoms with Crippen LogP contribution in [-0.4, -0.2) is 28.7 Å². The van der Waals surface area contributed by atoms with Gasteiger partial charge in [0.2, 0.25) is 17.7 Å². The number of carbonyl (C=O) groups is 3. The number of nitrogens with one attached hydrogen (secondary N) is 1. The van der Waals surface area contributed by atoms with Gasteiger partial charge in [-0.25, -0.2) is 0 Å². The van der Waals surface area contributed by atoms with E-state index in [4.69, 9.17) is 0 Å². The first kappa shape index (κ1) is 20.0. The van der Waals surface area contributed by atoms with E-state index in [0.717, 1.165) is 36.0 Å². The Balaban J connectivity index is 1.46. The second-order valence-corrected chi connectivity index (χ2v) is 9.50. The molecule has 5 nitrogen and oxygen atoms in total. The van der Waals surface area contributed by atoms with Crippen LogP contribution in [0.5, 0.6) is 0 Å². The molecule has 1 heterocycles. The number of benzene rings is 2. The highest BCUT2D eigenvalue weighted by atomic mass is 16.2. The van der Waals surface area contributed by atoms with Crippen molar-refractivity contribution in [3.63, 3.8) is 0 Å². The number of fused-ring (bicyclic) bond motifs is 5. The van der Waals surface area contributed by atoms with Crippen LogP contribution in [0.25, 0.3) is 0 Å². The number of aryl methyl sites for hydroxylation is 2. The molecule has 0 spiro atoms. The lowest BCUT2D eigenvalue weighted by Crippen LogP contribution is -2.49. The fraction of sp³-hybridized carbons (Fsp3) is 0.423. The van der Waals surface area contributed by atoms with Gasteiger partial charge in [-0.2, -0.15) is 0 Å². The third-order valence-corrected chi connectivity index (χ3v) is 7.34. The van der Waals surface area contributed by atoms with Crippen LogP contribution in [0.4, 0.5) is 5.69 Å². The number of hydrogen-bond acceptors (Lipinski definition) is 3. The third kappa shape index (κ3) is 3.46. The molecule has 2 aromatic carbocycles. The minimum Gasteiger partial charge on any atom is -0.324 e. The molecule has 2 aliphatic carbocycles. The average molecular weight is 417 g/mol. The van der Waals surface area contributed by atoms with Gasteiger partial charge in [-0.15, -0.1) is 0 Å². The number of amides is 3. The van der Waals surface area contributed by atoms with Crippen molar-refractivity contribution in [1.82, 2.24) is 4.90 Å². The molecule has 3 amide bonds. The highest BCUT2D eigenvalue weighted by Gasteiger charge is 2.62. The lowest BCUT2D eigenvalue weighted by Gasteiger charge is -2.27. The summed E-state index contributed by atoms with van der Waals surface area (Å²) < 4.78 is 0. The molecule has 5 atom stereocenters. The summed E-state index contributed by atoms with van der Waals surface area (Å²) in [6.45, 7) is 3.96. The zero-order valence-electron chi connectivity index (χ0n) is 18.0. The largest absolute Gasteiger partial charge is 0.324 e. The summed E-state index contributed by atoms with van der Waals surface area (Å²) in [6, 6.07) is 14.6. The highest BCUT2D eigenvalue weighted by molar-refractivity contribution is 6.10. The first-order chi connectivity index (χ1) is 14.9. The van der Waals surface area contributed by atoms with Crippen molar-refractivity contribution >= 4 is 23.4 Å². The first-order valence-corrected chi connectivity index (χ1v) is 11.2. The van der Waals surface area contributed by atoms with E-state index in [1.165, 1.54) is 4.90 Å². The van der Waals surface area contributed by atoms with Gasteiger partial charge in [0.15, 0.2) is 0 Å². The van der Waals surface area contributed by atoms with E-state index in [1.54, 1.807) is 0 Å². The monoisotopic (exact) mass is 416 g/mol. The van der Waals surface area contributed by atoms with Gasteiger partial charge in [-0.1, -0.05) is 36.4 Å². The summed E-state index contributed by atoms with van der Waals surface area (Å²) in [4.78, 5) is 41.6. The Morgan fingerprint density at radius 3 is 2.13 bits per heavy atom. The Labute approximate surface area is 182 Å². The molecule has 160 valence electrons. The van der Waals surface area contributed by atoms with Crippen molar-refractivity contribution in [1.29, 1.82) is 0 Å². The van der Waals surface area contributed by atoms with Crippen LogP contribution in [0.1, 0.15) is 36.0 Å². The molecule has 2 saturated carbocycles. The number of hydrogen-bond donors (Lipinski definition) is 1. The molecule has 2 aromatic rings. The fourth-order valence-electron chi connectivity index (χ4n) is 6.15. The van der Waals surface area contributed by atoms with Crippen LogP contribution >= 0.6 is 0 Å². The molecular weight excluding hydrogens is 388 g/mol. The van der Waals surface area contributed by atoms with Crippen LogP contribution in [0.15, 0.2) is 48.5 Å². The van der Waals surface area contributed by atoms with E-state index in [2.05, 4.69) is 5.32 Å². The summed E-state index contributed by atoms with van der Waals surface area (Å²) in [5.41, 5.74) is 3.73. The zero-order chi connectivity index (χ0) is 21.7. The van der Waals surface area contributed by atoms with E-state index in [0.29, 0.717) is 23.9 Å². The molecule has 0 aromatic heterocycles. The molecule has 0 unspecified atom stereocenters. The smallest absolute Gasteiger partial charge is 0.248 e. The molecule has 1 aliphatic heterocycles. The molecule has 3 fully saturated rings. The number of carbonyl (C=O) groups excluding carboxylic acids is 3. The molecule has 5 heteroatoms. The molecule has 2 bridgehead atoms. The fourth-order valence-corrected chi connectivity index (χ4v) is 6.15. The quantitative estimate of drug-likeness (QED) is 0.752. The summed E-state index contributed by atoms with van der Waals surface area (Å²) in [6.07, 6.45) is 3.36. The normalized spacial score (nSPS) is 27.5. The van der Waals surface area contributed by atoms with E-state index in [1.807, 2.05) is 62.4 Å². The summed E-state index contributed by atoms with van der Waals surface area (Å²) in [5, 5.41) is 2.98. The molecule has 1 N–H and O–H groups in total. The van der Waals surface area contributed by atoms with Gasteiger partial charge >= 0.3 is 0 Å². The van der Waals surface area contributed by atoms with Gasteiger partial charge in [-0.05, 0) is 73.8 Å². The second kappa shape index (κ2) is 7.63. The molecule has 5 rings (SSSR count). The van der Waals surface area contributed by atoms with Crippen LogP contribution in [0.3, 0.4) is 0 Å². The third-order valence-electron chi connectivity index (χ3n) is 7.34. The molecule has 3 aliphatic rings. The number of anilines is 1. The van der Waals surface area contributed by atoms with Crippen LogP contribution in [-0.2, 0) is 20.8 Å². The van der Waals surface area contributed by atoms with E-state index >= 15 is 0 Å². The molecule has 0 radical (unpaired) electrons. The number of imide groups is 1. The van der Waals surface area contributed by atoms with Crippen molar-refractivity contribution in [2.24, 2.45) is 23.7 Å². The minimum absolute atomic E-state index is 0.140. The molecule has 31 heavy (non-hydrogen) atoms. The Morgan fingerprint density at radius 1 is 0.968 bits per heavy atom.